The van der Waals surface area contributed by atoms with Crippen molar-refractivity contribution >= 4 is 50.7 Å². The van der Waals surface area contributed by atoms with Gasteiger partial charge in [0.2, 0.25) is 5.91 Å². The molecule has 0 aliphatic carbocycles. The maximum absolute atomic E-state index is 13.2. The van der Waals surface area contributed by atoms with Crippen LogP contribution in [0.1, 0.15) is 32.6 Å². The van der Waals surface area contributed by atoms with Crippen LogP contribution in [0.4, 0.5) is 11.4 Å². The summed E-state index contributed by atoms with van der Waals surface area (Å²) in [6, 6.07) is 18.2. The number of hydrogen-bond acceptors (Lipinski definition) is 8. The highest BCUT2D eigenvalue weighted by Gasteiger charge is 2.24. The summed E-state index contributed by atoms with van der Waals surface area (Å²) in [6.07, 6.45) is 0.0847. The van der Waals surface area contributed by atoms with E-state index < -0.39 is 28.7 Å². The van der Waals surface area contributed by atoms with Gasteiger partial charge in [0.25, 0.3) is 11.6 Å². The molecule has 1 atom stereocenters. The minimum Gasteiger partial charge on any atom is -0.462 e. The van der Waals surface area contributed by atoms with Crippen molar-refractivity contribution in [3.8, 4) is 0 Å². The van der Waals surface area contributed by atoms with Crippen molar-refractivity contribution in [2.24, 2.45) is 0 Å². The second-order valence-electron chi connectivity index (χ2n) is 7.93. The van der Waals surface area contributed by atoms with Crippen LogP contribution in [0.15, 0.2) is 72.8 Å². The highest BCUT2D eigenvalue weighted by atomic mass is 32.1. The van der Waals surface area contributed by atoms with Crippen molar-refractivity contribution in [2.75, 3.05) is 11.9 Å². The minimum absolute atomic E-state index is 0.0787. The number of esters is 1. The molecular weight excluding hydrogens is 496 g/mol. The van der Waals surface area contributed by atoms with Gasteiger partial charge in [-0.3, -0.25) is 19.7 Å². The molecule has 1 heterocycles. The lowest BCUT2D eigenvalue weighted by Gasteiger charge is -2.18. The van der Waals surface area contributed by atoms with E-state index in [4.69, 9.17) is 4.74 Å². The molecule has 3 aromatic carbocycles. The van der Waals surface area contributed by atoms with E-state index in [-0.39, 0.29) is 23.7 Å². The van der Waals surface area contributed by atoms with Crippen molar-refractivity contribution in [1.29, 1.82) is 0 Å². The van der Waals surface area contributed by atoms with Crippen LogP contribution < -0.4 is 10.6 Å². The van der Waals surface area contributed by atoms with Gasteiger partial charge in [0.05, 0.1) is 27.3 Å². The predicted molar refractivity (Wildman–Crippen MR) is 139 cm³/mol. The van der Waals surface area contributed by atoms with Crippen LogP contribution >= 0.6 is 11.3 Å². The number of thiazole rings is 1. The number of amides is 2. The number of carbonyl (C=O) groups is 3. The predicted octanol–water partition coefficient (Wildman–Crippen LogP) is 4.36. The minimum atomic E-state index is -1.01. The van der Waals surface area contributed by atoms with E-state index in [9.17, 15) is 24.5 Å². The van der Waals surface area contributed by atoms with Gasteiger partial charge in [-0.1, -0.05) is 24.3 Å². The number of nitrogens with zero attached hydrogens (tertiary/aromatic N) is 2. The fourth-order valence-corrected chi connectivity index (χ4v) is 4.39. The molecule has 4 rings (SSSR count). The van der Waals surface area contributed by atoms with E-state index in [0.717, 1.165) is 4.70 Å². The van der Waals surface area contributed by atoms with Crippen molar-refractivity contribution < 1.29 is 24.0 Å². The summed E-state index contributed by atoms with van der Waals surface area (Å²) >= 11 is 1.21. The molecular formula is C26H22N4O6S. The molecule has 2 amide bonds. The molecule has 0 aliphatic rings. The third-order valence-electron chi connectivity index (χ3n) is 5.36. The summed E-state index contributed by atoms with van der Waals surface area (Å²) in [5.41, 5.74) is 1.97. The smallest absolute Gasteiger partial charge is 0.338 e. The van der Waals surface area contributed by atoms with Crippen LogP contribution in [0.3, 0.4) is 0 Å². The maximum atomic E-state index is 13.2. The molecule has 37 heavy (non-hydrogen) atoms. The van der Waals surface area contributed by atoms with Crippen molar-refractivity contribution in [3.63, 3.8) is 0 Å². The molecule has 188 valence electrons. The van der Waals surface area contributed by atoms with Gasteiger partial charge >= 0.3 is 5.97 Å². The Kier molecular flexibility index (Phi) is 7.84. The average Bonchev–Trinajstić information content (AvgIpc) is 3.34. The number of nitrogens with one attached hydrogen (secondary N) is 2. The zero-order chi connectivity index (χ0) is 26.4. The van der Waals surface area contributed by atoms with Gasteiger partial charge in [0.15, 0.2) is 5.01 Å². The molecule has 0 saturated carbocycles. The van der Waals surface area contributed by atoms with E-state index in [1.165, 1.54) is 47.7 Å². The average molecular weight is 519 g/mol. The molecule has 11 heteroatoms. The summed E-state index contributed by atoms with van der Waals surface area (Å²) < 4.78 is 5.80. The Morgan fingerprint density at radius 3 is 2.38 bits per heavy atom. The molecule has 4 aromatic rings. The van der Waals surface area contributed by atoms with Crippen LogP contribution in [-0.4, -0.2) is 40.3 Å². The van der Waals surface area contributed by atoms with E-state index >= 15 is 0 Å². The SMILES string of the molecule is CCOC(=O)c1ccc(NC(=O)C(Cc2ccc([N+](=O)[O-])cc2)NC(=O)c2nc3ccccc3s2)cc1. The Balaban J connectivity index is 1.53. The van der Waals surface area contributed by atoms with Gasteiger partial charge in [0, 0.05) is 24.2 Å². The third-order valence-corrected chi connectivity index (χ3v) is 6.40. The fraction of sp³-hybridized carbons (Fsp3) is 0.154. The number of non-ortho nitro benzene ring substituents is 1. The molecule has 0 radical (unpaired) electrons. The number of rotatable bonds is 9. The maximum Gasteiger partial charge on any atom is 0.338 e. The van der Waals surface area contributed by atoms with Crippen LogP contribution in [0.2, 0.25) is 0 Å². The second kappa shape index (κ2) is 11.4. The molecule has 1 aromatic heterocycles. The Morgan fingerprint density at radius 2 is 1.73 bits per heavy atom. The topological polar surface area (TPSA) is 141 Å². The lowest BCUT2D eigenvalue weighted by Crippen LogP contribution is -2.45. The monoisotopic (exact) mass is 518 g/mol. The first-order valence-electron chi connectivity index (χ1n) is 11.3. The molecule has 0 fully saturated rings. The lowest BCUT2D eigenvalue weighted by molar-refractivity contribution is -0.384. The first-order valence-corrected chi connectivity index (χ1v) is 12.1. The van der Waals surface area contributed by atoms with Crippen molar-refractivity contribution in [3.05, 3.63) is 99.0 Å². The van der Waals surface area contributed by atoms with Crippen LogP contribution in [0.5, 0.6) is 0 Å². The molecule has 0 aliphatic heterocycles. The van der Waals surface area contributed by atoms with Gasteiger partial charge in [-0.05, 0) is 48.9 Å². The van der Waals surface area contributed by atoms with Crippen LogP contribution in [-0.2, 0) is 16.0 Å². The lowest BCUT2D eigenvalue weighted by atomic mass is 10.0. The van der Waals surface area contributed by atoms with Crippen molar-refractivity contribution in [1.82, 2.24) is 10.3 Å². The number of nitro benzene ring substituents is 1. The number of aromatic nitrogens is 1. The number of benzene rings is 3. The van der Waals surface area contributed by atoms with Crippen molar-refractivity contribution in [2.45, 2.75) is 19.4 Å². The number of fused-ring (bicyclic) bond motifs is 1. The van der Waals surface area contributed by atoms with Gasteiger partial charge in [0.1, 0.15) is 6.04 Å². The summed E-state index contributed by atoms with van der Waals surface area (Å²) in [6.45, 7) is 1.95. The normalized spacial score (nSPS) is 11.5. The number of ether oxygens (including phenoxy) is 1. The first kappa shape index (κ1) is 25.5. The zero-order valence-corrected chi connectivity index (χ0v) is 20.5. The summed E-state index contributed by atoms with van der Waals surface area (Å²) in [7, 11) is 0. The molecule has 1 unspecified atom stereocenters. The van der Waals surface area contributed by atoms with E-state index in [1.54, 1.807) is 25.1 Å². The third kappa shape index (κ3) is 6.33. The summed E-state index contributed by atoms with van der Waals surface area (Å²) in [5.74, 6) is -1.49. The molecule has 2 N–H and O–H groups in total. The zero-order valence-electron chi connectivity index (χ0n) is 19.7. The van der Waals surface area contributed by atoms with Gasteiger partial charge in [-0.15, -0.1) is 11.3 Å². The highest BCUT2D eigenvalue weighted by molar-refractivity contribution is 7.20. The number of hydrogen-bond donors (Lipinski definition) is 2. The Bertz CT molecular complexity index is 1420. The molecule has 0 bridgehead atoms. The quantitative estimate of drug-likeness (QED) is 0.191. The first-order chi connectivity index (χ1) is 17.8. The van der Waals surface area contributed by atoms with E-state index in [2.05, 4.69) is 15.6 Å². The van der Waals surface area contributed by atoms with Gasteiger partial charge in [-0.2, -0.15) is 0 Å². The Labute approximate surface area is 215 Å². The molecule has 10 nitrogen and oxygen atoms in total. The summed E-state index contributed by atoms with van der Waals surface area (Å²) in [4.78, 5) is 52.9. The number of para-hydroxylation sites is 1. The Hall–Kier alpha value is -4.64. The van der Waals surface area contributed by atoms with Crippen LogP contribution in [0.25, 0.3) is 10.2 Å². The Morgan fingerprint density at radius 1 is 1.03 bits per heavy atom. The largest absolute Gasteiger partial charge is 0.462 e. The fourth-order valence-electron chi connectivity index (χ4n) is 3.52. The number of carbonyl (C=O) groups excluding carboxylic acids is 3. The second-order valence-corrected chi connectivity index (χ2v) is 8.96. The molecule has 0 spiro atoms. The van der Waals surface area contributed by atoms with Gasteiger partial charge in [-0.25, -0.2) is 9.78 Å². The van der Waals surface area contributed by atoms with Gasteiger partial charge < -0.3 is 15.4 Å². The summed E-state index contributed by atoms with van der Waals surface area (Å²) in [5, 5.41) is 16.7. The van der Waals surface area contributed by atoms with E-state index in [1.807, 2.05) is 18.2 Å². The number of nitro groups is 1. The standard InChI is InChI=1S/C26H22N4O6S/c1-2-36-26(33)17-9-11-18(12-10-17)27-23(31)21(15-16-7-13-19(14-8-16)30(34)35)28-24(32)25-29-20-5-3-4-6-22(20)37-25/h3-14,21H,2,15H2,1H3,(H,27,31)(H,28,32). The molecule has 0 saturated heterocycles. The van der Waals surface area contributed by atoms with Crippen LogP contribution in [0, 0.1) is 10.1 Å². The highest BCUT2D eigenvalue weighted by Crippen LogP contribution is 2.22. The number of anilines is 1. The van der Waals surface area contributed by atoms with E-state index in [0.29, 0.717) is 22.3 Å².